The van der Waals surface area contributed by atoms with Crippen LogP contribution in [-0.4, -0.2) is 52.4 Å². The van der Waals surface area contributed by atoms with Crippen LogP contribution < -0.4 is 16.4 Å². The van der Waals surface area contributed by atoms with Gasteiger partial charge in [0.2, 0.25) is 17.7 Å². The van der Waals surface area contributed by atoms with Gasteiger partial charge in [-0.15, -0.1) is 0 Å². The Kier molecular flexibility index (Phi) is 10.1. The topological polar surface area (TPSA) is 131 Å². The van der Waals surface area contributed by atoms with E-state index in [0.29, 0.717) is 12.0 Å². The highest BCUT2D eigenvalue weighted by Gasteiger charge is 2.38. The first-order valence-electron chi connectivity index (χ1n) is 11.5. The zero-order chi connectivity index (χ0) is 26.3. The van der Waals surface area contributed by atoms with E-state index in [1.54, 1.807) is 32.9 Å². The van der Waals surface area contributed by atoms with E-state index in [4.69, 9.17) is 10.5 Å². The highest BCUT2D eigenvalue weighted by molar-refractivity contribution is 5.94. The summed E-state index contributed by atoms with van der Waals surface area (Å²) in [6, 6.07) is 5.05. The summed E-state index contributed by atoms with van der Waals surface area (Å²) in [4.78, 5) is 52.8. The van der Waals surface area contributed by atoms with Crippen molar-refractivity contribution in [3.8, 4) is 0 Å². The highest BCUT2D eigenvalue weighted by atomic mass is 16.6. The van der Waals surface area contributed by atoms with E-state index in [-0.39, 0.29) is 12.5 Å². The lowest BCUT2D eigenvalue weighted by Gasteiger charge is -2.36. The van der Waals surface area contributed by atoms with E-state index < -0.39 is 47.6 Å². The third-order valence-electron chi connectivity index (χ3n) is 4.68. The van der Waals surface area contributed by atoms with Crippen molar-refractivity contribution in [3.05, 3.63) is 35.4 Å². The van der Waals surface area contributed by atoms with Gasteiger partial charge >= 0.3 is 6.09 Å². The molecule has 0 fully saturated rings. The molecule has 9 nitrogen and oxygen atoms in total. The number of nitrogens with two attached hydrogens (primary N) is 1. The molecule has 2 atom stereocenters. The van der Waals surface area contributed by atoms with Gasteiger partial charge < -0.3 is 26.0 Å². The summed E-state index contributed by atoms with van der Waals surface area (Å²) in [6.45, 7) is 14.6. The van der Waals surface area contributed by atoms with Gasteiger partial charge in [0.05, 0.1) is 6.42 Å². The molecule has 1 aromatic carbocycles. The van der Waals surface area contributed by atoms with Crippen LogP contribution in [0.15, 0.2) is 24.3 Å². The van der Waals surface area contributed by atoms with Gasteiger partial charge in [-0.25, -0.2) is 4.79 Å². The summed E-state index contributed by atoms with van der Waals surface area (Å²) in [5, 5.41) is 5.42. The minimum atomic E-state index is -1.28. The zero-order valence-electron chi connectivity index (χ0n) is 21.7. The molecule has 0 aliphatic rings. The van der Waals surface area contributed by atoms with Gasteiger partial charge in [0.1, 0.15) is 17.7 Å². The van der Waals surface area contributed by atoms with Crippen molar-refractivity contribution in [1.82, 2.24) is 15.5 Å². The van der Waals surface area contributed by atoms with E-state index >= 15 is 0 Å². The number of alkyl carbamates (subject to hydrolysis) is 1. The molecule has 2 unspecified atom stereocenters. The fourth-order valence-electron chi connectivity index (χ4n) is 3.44. The predicted octanol–water partition coefficient (Wildman–Crippen LogP) is 2.96. The maximum Gasteiger partial charge on any atom is 0.408 e. The Labute approximate surface area is 202 Å². The van der Waals surface area contributed by atoms with Crippen molar-refractivity contribution in [1.29, 1.82) is 0 Å². The van der Waals surface area contributed by atoms with Gasteiger partial charge in [-0.2, -0.15) is 0 Å². The maximum absolute atomic E-state index is 13.7. The third kappa shape index (κ3) is 9.41. The van der Waals surface area contributed by atoms with Gasteiger partial charge in [-0.05, 0) is 66.0 Å². The van der Waals surface area contributed by atoms with Crippen LogP contribution in [0.5, 0.6) is 0 Å². The number of primary amides is 1. The number of benzene rings is 1. The van der Waals surface area contributed by atoms with E-state index in [2.05, 4.69) is 10.6 Å². The number of ether oxygens (including phenoxy) is 1. The molecule has 1 aromatic rings. The molecule has 190 valence electrons. The summed E-state index contributed by atoms with van der Waals surface area (Å²) < 4.78 is 5.27. The molecule has 34 heavy (non-hydrogen) atoms. The minimum absolute atomic E-state index is 0.223. The second-order valence-corrected chi connectivity index (χ2v) is 10.4. The van der Waals surface area contributed by atoms with Gasteiger partial charge in [-0.3, -0.25) is 14.4 Å². The molecular weight excluding hydrogens is 436 g/mol. The van der Waals surface area contributed by atoms with Crippen molar-refractivity contribution in [2.24, 2.45) is 5.73 Å². The number of hydrogen-bond donors (Lipinski definition) is 3. The molecule has 0 radical (unpaired) electrons. The van der Waals surface area contributed by atoms with Crippen LogP contribution in [0, 0.1) is 6.92 Å². The second-order valence-electron chi connectivity index (χ2n) is 10.4. The summed E-state index contributed by atoms with van der Waals surface area (Å²) in [5.74, 6) is -1.72. The third-order valence-corrected chi connectivity index (χ3v) is 4.68. The molecule has 0 aromatic heterocycles. The number of nitrogens with zero attached hydrogens (tertiary/aromatic N) is 1. The van der Waals surface area contributed by atoms with Gasteiger partial charge in [-0.1, -0.05) is 31.2 Å². The summed E-state index contributed by atoms with van der Waals surface area (Å²) >= 11 is 0. The lowest BCUT2D eigenvalue weighted by Crippen LogP contribution is -2.55. The Morgan fingerprint density at radius 3 is 2.12 bits per heavy atom. The molecule has 1 rings (SSSR count). The molecule has 4 amide bonds. The highest BCUT2D eigenvalue weighted by Crippen LogP contribution is 2.27. The number of nitrogens with one attached hydrogen (secondary N) is 2. The standard InChI is InChI=1S/C25H40N4O5/c1-9-14-29(22(32)18(15-19(26)30)27-23(33)34-25(6,7)8)20(21(31)28-24(3,4)5)17-13-11-10-12-16(17)2/h10-13,18,20H,9,14-15H2,1-8H3,(H2,26,30)(H,27,33)(H,28,31). The molecule has 0 saturated heterocycles. The molecule has 0 saturated carbocycles. The smallest absolute Gasteiger partial charge is 0.408 e. The predicted molar refractivity (Wildman–Crippen MR) is 131 cm³/mol. The Balaban J connectivity index is 3.48. The van der Waals surface area contributed by atoms with E-state index in [1.165, 1.54) is 4.90 Å². The SMILES string of the molecule is CCCN(C(=O)C(CC(N)=O)NC(=O)OC(C)(C)C)C(C(=O)NC(C)(C)C)c1ccccc1C. The molecule has 0 aliphatic carbocycles. The molecule has 0 aliphatic heterocycles. The van der Waals surface area contributed by atoms with Crippen LogP contribution in [0.3, 0.4) is 0 Å². The molecule has 0 bridgehead atoms. The quantitative estimate of drug-likeness (QED) is 0.504. The van der Waals surface area contributed by atoms with Gasteiger partial charge in [0.15, 0.2) is 0 Å². The van der Waals surface area contributed by atoms with Crippen LogP contribution >= 0.6 is 0 Å². The van der Waals surface area contributed by atoms with Gasteiger partial charge in [0, 0.05) is 12.1 Å². The average molecular weight is 477 g/mol. The van der Waals surface area contributed by atoms with E-state index in [0.717, 1.165) is 5.56 Å². The number of hydrogen-bond acceptors (Lipinski definition) is 5. The first-order chi connectivity index (χ1) is 15.6. The summed E-state index contributed by atoms with van der Waals surface area (Å²) in [5.41, 5.74) is 5.52. The molecule has 0 heterocycles. The van der Waals surface area contributed by atoms with Crippen molar-refractivity contribution in [2.75, 3.05) is 6.54 Å². The monoisotopic (exact) mass is 476 g/mol. The van der Waals surface area contributed by atoms with Crippen molar-refractivity contribution in [3.63, 3.8) is 0 Å². The Bertz CT molecular complexity index is 886. The van der Waals surface area contributed by atoms with Crippen LogP contribution in [0.1, 0.15) is 78.5 Å². The average Bonchev–Trinajstić information content (AvgIpc) is 2.64. The number of carbonyl (C=O) groups excluding carboxylic acids is 4. The number of carbonyl (C=O) groups is 4. The molecule has 0 spiro atoms. The van der Waals surface area contributed by atoms with Crippen LogP contribution in [-0.2, 0) is 19.1 Å². The van der Waals surface area contributed by atoms with Crippen molar-refractivity contribution >= 4 is 23.8 Å². The number of amides is 4. The Morgan fingerprint density at radius 2 is 1.65 bits per heavy atom. The van der Waals surface area contributed by atoms with Crippen LogP contribution in [0.25, 0.3) is 0 Å². The first-order valence-corrected chi connectivity index (χ1v) is 11.5. The first kappa shape index (κ1) is 28.9. The van der Waals surface area contributed by atoms with Crippen molar-refractivity contribution in [2.45, 2.75) is 91.5 Å². The zero-order valence-corrected chi connectivity index (χ0v) is 21.7. The minimum Gasteiger partial charge on any atom is -0.444 e. The van der Waals surface area contributed by atoms with Gasteiger partial charge in [0.25, 0.3) is 0 Å². The Hall–Kier alpha value is -3.10. The Morgan fingerprint density at radius 1 is 1.06 bits per heavy atom. The fourth-order valence-corrected chi connectivity index (χ4v) is 3.44. The largest absolute Gasteiger partial charge is 0.444 e. The summed E-state index contributed by atoms with van der Waals surface area (Å²) in [6.07, 6.45) is -0.734. The maximum atomic E-state index is 13.7. The lowest BCUT2D eigenvalue weighted by atomic mass is 9.96. The lowest BCUT2D eigenvalue weighted by molar-refractivity contribution is -0.144. The molecule has 4 N–H and O–H groups in total. The molecular formula is C25H40N4O5. The van der Waals surface area contributed by atoms with Crippen LogP contribution in [0.4, 0.5) is 4.79 Å². The normalized spacial score (nSPS) is 13.4. The van der Waals surface area contributed by atoms with Crippen LogP contribution in [0.2, 0.25) is 0 Å². The van der Waals surface area contributed by atoms with Crippen molar-refractivity contribution < 1.29 is 23.9 Å². The van der Waals surface area contributed by atoms with E-state index in [1.807, 2.05) is 46.8 Å². The fraction of sp³-hybridized carbons (Fsp3) is 0.600. The summed E-state index contributed by atoms with van der Waals surface area (Å²) in [7, 11) is 0. The number of rotatable bonds is 9. The second kappa shape index (κ2) is 11.9. The van der Waals surface area contributed by atoms with E-state index in [9.17, 15) is 19.2 Å². The number of aryl methyl sites for hydroxylation is 1. The molecule has 9 heteroatoms.